The number of hydrogen-bond acceptors (Lipinski definition) is 4. The molecule has 1 aliphatic rings. The van der Waals surface area contributed by atoms with Gasteiger partial charge in [0.1, 0.15) is 9.88 Å². The molecule has 0 spiro atoms. The van der Waals surface area contributed by atoms with Crippen LogP contribution in [0.4, 0.5) is 0 Å². The van der Waals surface area contributed by atoms with Gasteiger partial charge in [0.15, 0.2) is 0 Å². The van der Waals surface area contributed by atoms with Crippen molar-refractivity contribution >= 4 is 17.2 Å². The van der Waals surface area contributed by atoms with Crippen molar-refractivity contribution in [3.63, 3.8) is 0 Å². The third-order valence-electron chi connectivity index (χ3n) is 5.32. The maximum Gasteiger partial charge on any atom is 0.265 e. The molecule has 146 valence electrons. The van der Waals surface area contributed by atoms with Crippen molar-refractivity contribution in [2.75, 3.05) is 32.7 Å². The first-order chi connectivity index (χ1) is 13.1. The molecular formula is C22H31N3OS. The predicted molar refractivity (Wildman–Crippen MR) is 114 cm³/mol. The summed E-state index contributed by atoms with van der Waals surface area (Å²) in [5.41, 5.74) is 3.30. The lowest BCUT2D eigenvalue weighted by molar-refractivity contribution is 0.0765. The molecule has 0 saturated carbocycles. The SMILES string of the molecule is CCCCN1CCCN(C(=O)c2sc(-c3ccccc3CC)nc2C)CC1. The van der Waals surface area contributed by atoms with Crippen molar-refractivity contribution in [2.45, 2.75) is 46.5 Å². The van der Waals surface area contributed by atoms with E-state index < -0.39 is 0 Å². The molecule has 1 saturated heterocycles. The van der Waals surface area contributed by atoms with E-state index in [-0.39, 0.29) is 5.91 Å². The molecule has 1 amide bonds. The van der Waals surface area contributed by atoms with E-state index in [4.69, 9.17) is 4.98 Å². The van der Waals surface area contributed by atoms with Crippen molar-refractivity contribution < 1.29 is 4.79 Å². The molecule has 27 heavy (non-hydrogen) atoms. The molecule has 2 heterocycles. The molecular weight excluding hydrogens is 354 g/mol. The Morgan fingerprint density at radius 2 is 1.96 bits per heavy atom. The molecule has 4 nitrogen and oxygen atoms in total. The minimum Gasteiger partial charge on any atom is -0.337 e. The molecule has 3 rings (SSSR count). The smallest absolute Gasteiger partial charge is 0.265 e. The topological polar surface area (TPSA) is 36.4 Å². The molecule has 0 aliphatic carbocycles. The van der Waals surface area contributed by atoms with Gasteiger partial charge in [0, 0.05) is 25.2 Å². The summed E-state index contributed by atoms with van der Waals surface area (Å²) in [5.74, 6) is 0.155. The molecule has 0 bridgehead atoms. The van der Waals surface area contributed by atoms with Crippen LogP contribution in [0.25, 0.3) is 10.6 Å². The summed E-state index contributed by atoms with van der Waals surface area (Å²) in [6, 6.07) is 8.37. The van der Waals surface area contributed by atoms with Crippen LogP contribution in [0.5, 0.6) is 0 Å². The number of nitrogens with zero attached hydrogens (tertiary/aromatic N) is 3. The van der Waals surface area contributed by atoms with E-state index >= 15 is 0 Å². The minimum absolute atomic E-state index is 0.155. The van der Waals surface area contributed by atoms with Crippen LogP contribution in [-0.2, 0) is 6.42 Å². The lowest BCUT2D eigenvalue weighted by atomic mass is 10.1. The number of hydrogen-bond donors (Lipinski definition) is 0. The summed E-state index contributed by atoms with van der Waals surface area (Å²) in [6.07, 6.45) is 4.49. The fraction of sp³-hybridized carbons (Fsp3) is 0.545. The van der Waals surface area contributed by atoms with Crippen LogP contribution in [0.3, 0.4) is 0 Å². The quantitative estimate of drug-likeness (QED) is 0.727. The summed E-state index contributed by atoms with van der Waals surface area (Å²) < 4.78 is 0. The van der Waals surface area contributed by atoms with E-state index in [0.29, 0.717) is 0 Å². The van der Waals surface area contributed by atoms with Gasteiger partial charge < -0.3 is 9.80 Å². The van der Waals surface area contributed by atoms with Gasteiger partial charge in [-0.05, 0) is 44.8 Å². The van der Waals surface area contributed by atoms with Crippen molar-refractivity contribution in [3.8, 4) is 10.6 Å². The van der Waals surface area contributed by atoms with E-state index in [1.165, 1.54) is 18.4 Å². The number of carbonyl (C=O) groups is 1. The molecule has 0 unspecified atom stereocenters. The Labute approximate surface area is 167 Å². The van der Waals surface area contributed by atoms with E-state index in [2.05, 4.69) is 36.9 Å². The second kappa shape index (κ2) is 9.47. The molecule has 1 fully saturated rings. The van der Waals surface area contributed by atoms with Gasteiger partial charge in [-0.25, -0.2) is 4.98 Å². The highest BCUT2D eigenvalue weighted by molar-refractivity contribution is 7.17. The van der Waals surface area contributed by atoms with Crippen molar-refractivity contribution in [3.05, 3.63) is 40.4 Å². The van der Waals surface area contributed by atoms with Gasteiger partial charge in [0.2, 0.25) is 0 Å². The zero-order chi connectivity index (χ0) is 19.2. The van der Waals surface area contributed by atoms with Crippen LogP contribution >= 0.6 is 11.3 Å². The third-order valence-corrected chi connectivity index (χ3v) is 6.50. The van der Waals surface area contributed by atoms with E-state index in [9.17, 15) is 4.79 Å². The number of amides is 1. The zero-order valence-electron chi connectivity index (χ0n) is 16.8. The Morgan fingerprint density at radius 1 is 1.15 bits per heavy atom. The van der Waals surface area contributed by atoms with Crippen LogP contribution in [0.2, 0.25) is 0 Å². The summed E-state index contributed by atoms with van der Waals surface area (Å²) in [5, 5.41) is 0.965. The third kappa shape index (κ3) is 4.77. The van der Waals surface area contributed by atoms with Crippen LogP contribution in [0.1, 0.15) is 54.0 Å². The maximum atomic E-state index is 13.2. The van der Waals surface area contributed by atoms with Crippen molar-refractivity contribution in [2.24, 2.45) is 0 Å². The Bertz CT molecular complexity index is 771. The molecule has 1 aromatic carbocycles. The van der Waals surface area contributed by atoms with E-state index in [1.54, 1.807) is 11.3 Å². The van der Waals surface area contributed by atoms with Gasteiger partial charge in [-0.3, -0.25) is 4.79 Å². The Hall–Kier alpha value is -1.72. The molecule has 0 atom stereocenters. The highest BCUT2D eigenvalue weighted by Crippen LogP contribution is 2.31. The van der Waals surface area contributed by atoms with Crippen LogP contribution in [0, 0.1) is 6.92 Å². The zero-order valence-corrected chi connectivity index (χ0v) is 17.6. The molecule has 1 aromatic heterocycles. The first kappa shape index (κ1) is 20.0. The van der Waals surface area contributed by atoms with Crippen LogP contribution in [-0.4, -0.2) is 53.4 Å². The predicted octanol–water partition coefficient (Wildman–Crippen LogP) is 4.63. The molecule has 2 aromatic rings. The first-order valence-electron chi connectivity index (χ1n) is 10.2. The molecule has 1 aliphatic heterocycles. The Kier molecular flexibility index (Phi) is 7.02. The summed E-state index contributed by atoms with van der Waals surface area (Å²) in [6.45, 7) is 11.3. The van der Waals surface area contributed by atoms with Crippen LogP contribution < -0.4 is 0 Å². The summed E-state index contributed by atoms with van der Waals surface area (Å²) in [4.78, 5) is 23.2. The van der Waals surface area contributed by atoms with Crippen LogP contribution in [0.15, 0.2) is 24.3 Å². The first-order valence-corrected chi connectivity index (χ1v) is 11.0. The number of benzene rings is 1. The standard InChI is InChI=1S/C22H31N3OS/c1-4-6-12-24-13-9-14-25(16-15-24)22(26)20-17(3)23-21(27-20)19-11-8-7-10-18(19)5-2/h7-8,10-11H,4-6,9,12-16H2,1-3H3. The normalized spacial score (nSPS) is 15.7. The second-order valence-corrected chi connectivity index (χ2v) is 8.28. The van der Waals surface area contributed by atoms with Crippen molar-refractivity contribution in [1.82, 2.24) is 14.8 Å². The Morgan fingerprint density at radius 3 is 2.74 bits per heavy atom. The van der Waals surface area contributed by atoms with E-state index in [0.717, 1.165) is 66.7 Å². The number of aryl methyl sites for hydroxylation is 2. The highest BCUT2D eigenvalue weighted by Gasteiger charge is 2.24. The van der Waals surface area contributed by atoms with Gasteiger partial charge in [-0.15, -0.1) is 11.3 Å². The van der Waals surface area contributed by atoms with Gasteiger partial charge >= 0.3 is 0 Å². The molecule has 0 radical (unpaired) electrons. The number of aromatic nitrogens is 1. The number of carbonyl (C=O) groups excluding carboxylic acids is 1. The van der Waals surface area contributed by atoms with Gasteiger partial charge in [0.25, 0.3) is 5.91 Å². The van der Waals surface area contributed by atoms with Gasteiger partial charge in [-0.1, -0.05) is 44.5 Å². The largest absolute Gasteiger partial charge is 0.337 e. The lowest BCUT2D eigenvalue weighted by Gasteiger charge is -2.21. The van der Waals surface area contributed by atoms with Crippen molar-refractivity contribution in [1.29, 1.82) is 0 Å². The lowest BCUT2D eigenvalue weighted by Crippen LogP contribution is -2.35. The van der Waals surface area contributed by atoms with Gasteiger partial charge in [-0.2, -0.15) is 0 Å². The fourth-order valence-electron chi connectivity index (χ4n) is 3.67. The molecule has 0 N–H and O–H groups in total. The Balaban J connectivity index is 1.75. The maximum absolute atomic E-state index is 13.2. The van der Waals surface area contributed by atoms with Gasteiger partial charge in [0.05, 0.1) is 5.69 Å². The highest BCUT2D eigenvalue weighted by atomic mass is 32.1. The average Bonchev–Trinajstić information content (AvgIpc) is 2.92. The number of unbranched alkanes of at least 4 members (excludes halogenated alkanes) is 1. The summed E-state index contributed by atoms with van der Waals surface area (Å²) >= 11 is 1.55. The second-order valence-electron chi connectivity index (χ2n) is 7.29. The molecule has 5 heteroatoms. The fourth-order valence-corrected chi connectivity index (χ4v) is 4.77. The number of rotatable bonds is 6. The monoisotopic (exact) mass is 385 g/mol. The number of thiazole rings is 1. The summed E-state index contributed by atoms with van der Waals surface area (Å²) in [7, 11) is 0. The average molecular weight is 386 g/mol. The van der Waals surface area contributed by atoms with E-state index in [1.807, 2.05) is 17.9 Å². The minimum atomic E-state index is 0.155.